The Hall–Kier alpha value is -4.20. The van der Waals surface area contributed by atoms with Crippen LogP contribution >= 0.6 is 11.6 Å². The van der Waals surface area contributed by atoms with E-state index in [0.29, 0.717) is 42.2 Å². The number of rotatable bonds is 7. The average molecular weight is 661 g/mol. The van der Waals surface area contributed by atoms with Crippen molar-refractivity contribution >= 4 is 35.5 Å². The van der Waals surface area contributed by atoms with Crippen molar-refractivity contribution in [3.8, 4) is 0 Å². The molecule has 2 aliphatic rings. The number of anilines is 2. The average Bonchev–Trinajstić information content (AvgIpc) is 3.42. The van der Waals surface area contributed by atoms with Crippen LogP contribution < -0.4 is 15.1 Å². The molecule has 3 aromatic rings. The number of amides is 2. The fraction of sp³-hybridized carbons (Fsp3) is 0.484. The molecule has 0 radical (unpaired) electrons. The number of nitrogens with one attached hydrogen (secondary N) is 1. The minimum Gasteiger partial charge on any atom is -0.444 e. The van der Waals surface area contributed by atoms with E-state index in [-0.39, 0.29) is 36.6 Å². The van der Waals surface area contributed by atoms with Gasteiger partial charge in [-0.25, -0.2) is 37.9 Å². The Morgan fingerprint density at radius 2 is 1.52 bits per heavy atom. The number of alkyl carbamates (subject to hydrolysis) is 1. The molecular weight excluding hydrogens is 625 g/mol. The van der Waals surface area contributed by atoms with Crippen molar-refractivity contribution in [1.82, 2.24) is 30.2 Å². The van der Waals surface area contributed by atoms with Gasteiger partial charge in [-0.2, -0.15) is 0 Å². The summed E-state index contributed by atoms with van der Waals surface area (Å²) < 4.78 is 48.1. The van der Waals surface area contributed by atoms with E-state index in [1.54, 1.807) is 43.0 Å². The van der Waals surface area contributed by atoms with Gasteiger partial charge in [0.25, 0.3) is 5.91 Å². The van der Waals surface area contributed by atoms with Crippen LogP contribution in [0.1, 0.15) is 62.4 Å². The first-order chi connectivity index (χ1) is 21.8. The highest BCUT2D eigenvalue weighted by Gasteiger charge is 2.39. The Morgan fingerprint density at radius 3 is 2.13 bits per heavy atom. The largest absolute Gasteiger partial charge is 0.444 e. The van der Waals surface area contributed by atoms with Gasteiger partial charge in [-0.1, -0.05) is 11.6 Å². The van der Waals surface area contributed by atoms with Gasteiger partial charge in [0.15, 0.2) is 11.6 Å². The minimum absolute atomic E-state index is 0.00533. The van der Waals surface area contributed by atoms with E-state index in [0.717, 1.165) is 18.9 Å². The van der Waals surface area contributed by atoms with Crippen molar-refractivity contribution in [3.63, 3.8) is 0 Å². The summed E-state index contributed by atoms with van der Waals surface area (Å²) in [5.41, 5.74) is -0.577. The summed E-state index contributed by atoms with van der Waals surface area (Å²) >= 11 is 5.91. The number of nitrogens with zero attached hydrogens (tertiary/aromatic N) is 7. The summed E-state index contributed by atoms with van der Waals surface area (Å²) in [4.78, 5) is 49.1. The lowest BCUT2D eigenvalue weighted by Gasteiger charge is -2.38. The molecule has 2 atom stereocenters. The van der Waals surface area contributed by atoms with E-state index in [1.165, 1.54) is 12.4 Å². The molecule has 2 fully saturated rings. The highest BCUT2D eigenvalue weighted by molar-refractivity contribution is 6.30. The Labute approximate surface area is 270 Å². The monoisotopic (exact) mass is 660 g/mol. The van der Waals surface area contributed by atoms with E-state index in [9.17, 15) is 22.8 Å². The van der Waals surface area contributed by atoms with Gasteiger partial charge in [-0.15, -0.1) is 0 Å². The van der Waals surface area contributed by atoms with Crippen molar-refractivity contribution in [1.29, 1.82) is 0 Å². The molecule has 11 nitrogen and oxygen atoms in total. The van der Waals surface area contributed by atoms with Crippen molar-refractivity contribution in [3.05, 3.63) is 70.5 Å². The Balaban J connectivity index is 1.28. The van der Waals surface area contributed by atoms with Crippen molar-refractivity contribution in [2.45, 2.75) is 64.1 Å². The molecule has 0 saturated carbocycles. The van der Waals surface area contributed by atoms with Crippen molar-refractivity contribution in [2.24, 2.45) is 0 Å². The first-order valence-electron chi connectivity index (χ1n) is 15.1. The van der Waals surface area contributed by atoms with Crippen LogP contribution in [-0.4, -0.2) is 87.2 Å². The highest BCUT2D eigenvalue weighted by atomic mass is 35.5. The molecule has 2 unspecified atom stereocenters. The molecule has 0 spiro atoms. The number of aromatic nitrogens is 4. The predicted molar refractivity (Wildman–Crippen MR) is 165 cm³/mol. The van der Waals surface area contributed by atoms with Gasteiger partial charge in [0.1, 0.15) is 11.4 Å². The quantitative estimate of drug-likeness (QED) is 0.351. The number of piperidine rings is 1. The van der Waals surface area contributed by atoms with Crippen LogP contribution in [0.15, 0.2) is 36.9 Å². The zero-order chi connectivity index (χ0) is 33.2. The van der Waals surface area contributed by atoms with Gasteiger partial charge < -0.3 is 24.8 Å². The fourth-order valence-electron chi connectivity index (χ4n) is 5.88. The van der Waals surface area contributed by atoms with Crippen molar-refractivity contribution in [2.75, 3.05) is 42.5 Å². The lowest BCUT2D eigenvalue weighted by atomic mass is 9.93. The first-order valence-corrected chi connectivity index (χ1v) is 15.4. The van der Waals surface area contributed by atoms with Gasteiger partial charge >= 0.3 is 6.09 Å². The van der Waals surface area contributed by atoms with Crippen LogP contribution in [0, 0.1) is 17.5 Å². The summed E-state index contributed by atoms with van der Waals surface area (Å²) in [6.45, 7) is 9.10. The summed E-state index contributed by atoms with van der Waals surface area (Å²) in [5, 5.41) is 3.20. The van der Waals surface area contributed by atoms with Gasteiger partial charge in [-0.05, 0) is 52.2 Å². The van der Waals surface area contributed by atoms with Crippen LogP contribution in [0.2, 0.25) is 5.02 Å². The summed E-state index contributed by atoms with van der Waals surface area (Å²) in [7, 11) is 0. The van der Waals surface area contributed by atoms with E-state index >= 15 is 0 Å². The third-order valence-electron chi connectivity index (χ3n) is 8.03. The van der Waals surface area contributed by atoms with Crippen LogP contribution in [0.5, 0.6) is 0 Å². The topological polar surface area (TPSA) is 117 Å². The fourth-order valence-corrected chi connectivity index (χ4v) is 5.98. The smallest absolute Gasteiger partial charge is 0.407 e. The van der Waals surface area contributed by atoms with E-state index in [2.05, 4.69) is 30.2 Å². The molecule has 46 heavy (non-hydrogen) atoms. The van der Waals surface area contributed by atoms with Crippen LogP contribution in [0.4, 0.5) is 29.9 Å². The summed E-state index contributed by atoms with van der Waals surface area (Å²) in [6.07, 6.45) is 6.71. The number of carbonyl (C=O) groups is 2. The maximum absolute atomic E-state index is 14.9. The van der Waals surface area contributed by atoms with Crippen LogP contribution in [0.3, 0.4) is 0 Å². The third-order valence-corrected chi connectivity index (χ3v) is 8.22. The van der Waals surface area contributed by atoms with Crippen LogP contribution in [-0.2, 0) is 4.74 Å². The second-order valence-electron chi connectivity index (χ2n) is 12.3. The van der Waals surface area contributed by atoms with Gasteiger partial charge in [0, 0.05) is 63.1 Å². The summed E-state index contributed by atoms with van der Waals surface area (Å²) in [5.74, 6) is -3.59. The predicted octanol–water partition coefficient (Wildman–Crippen LogP) is 4.97. The maximum atomic E-state index is 14.9. The van der Waals surface area contributed by atoms with E-state index < -0.39 is 41.1 Å². The Bertz CT molecular complexity index is 1550. The second-order valence-corrected chi connectivity index (χ2v) is 12.8. The second kappa shape index (κ2) is 13.7. The van der Waals surface area contributed by atoms with Gasteiger partial charge in [0.05, 0.1) is 29.0 Å². The standard InChI is InChI=1S/C31H36ClF3N8O3/c1-5-43(20-6-8-41(9-7-20)28-38-14-19(32)15-39-28)27(44)18-12-36-29(37-13-18)42-16-22(21-10-24(34)25(35)11-23(21)33)26(17-42)40-30(45)46-31(2,3)4/h10-15,20,22,26H,5-9,16-17H2,1-4H3,(H,40,45). The zero-order valence-electron chi connectivity index (χ0n) is 26.0. The Kier molecular flexibility index (Phi) is 9.85. The Morgan fingerprint density at radius 1 is 0.935 bits per heavy atom. The molecule has 1 N–H and O–H groups in total. The zero-order valence-corrected chi connectivity index (χ0v) is 26.8. The maximum Gasteiger partial charge on any atom is 0.407 e. The van der Waals surface area contributed by atoms with Gasteiger partial charge in [0.2, 0.25) is 11.9 Å². The molecule has 2 aromatic heterocycles. The summed E-state index contributed by atoms with van der Waals surface area (Å²) in [6, 6.07) is 0.561. The molecule has 1 aromatic carbocycles. The molecule has 15 heteroatoms. The van der Waals surface area contributed by atoms with Crippen molar-refractivity contribution < 1.29 is 27.5 Å². The molecule has 246 valence electrons. The number of ether oxygens (including phenoxy) is 1. The van der Waals surface area contributed by atoms with E-state index in [1.807, 2.05) is 6.92 Å². The third kappa shape index (κ3) is 7.60. The van der Waals surface area contributed by atoms with E-state index in [4.69, 9.17) is 16.3 Å². The molecule has 5 rings (SSSR count). The lowest BCUT2D eigenvalue weighted by molar-refractivity contribution is 0.0504. The number of hydrogen-bond donors (Lipinski definition) is 1. The molecule has 0 bridgehead atoms. The number of carbonyl (C=O) groups excluding carboxylic acids is 2. The molecular formula is C31H36ClF3N8O3. The highest BCUT2D eigenvalue weighted by Crippen LogP contribution is 2.33. The number of halogens is 4. The minimum atomic E-state index is -1.31. The number of benzene rings is 1. The SMILES string of the molecule is CCN(C(=O)c1cnc(N2CC(NC(=O)OC(C)(C)C)C(c3cc(F)c(F)cc3F)C2)nc1)C1CCN(c2ncc(Cl)cn2)CC1. The normalized spacial score (nSPS) is 18.9. The van der Waals surface area contributed by atoms with Crippen LogP contribution in [0.25, 0.3) is 0 Å². The molecule has 2 aliphatic heterocycles. The molecule has 2 saturated heterocycles. The lowest BCUT2D eigenvalue weighted by Crippen LogP contribution is -2.47. The molecule has 2 amide bonds. The van der Waals surface area contributed by atoms with Gasteiger partial charge in [-0.3, -0.25) is 4.79 Å². The number of hydrogen-bond acceptors (Lipinski definition) is 9. The first kappa shape index (κ1) is 33.2. The molecule has 4 heterocycles. The molecule has 0 aliphatic carbocycles.